The van der Waals surface area contributed by atoms with Crippen molar-refractivity contribution in [3.63, 3.8) is 0 Å². The van der Waals surface area contributed by atoms with Crippen molar-refractivity contribution in [1.82, 2.24) is 10.2 Å². The van der Waals surface area contributed by atoms with Crippen LogP contribution in [0.25, 0.3) is 0 Å². The van der Waals surface area contributed by atoms with Crippen LogP contribution in [0.15, 0.2) is 30.3 Å². The van der Waals surface area contributed by atoms with Crippen LogP contribution in [-0.4, -0.2) is 31.6 Å². The number of rotatable bonds is 6. The number of nitrogens with zero attached hydrogens (tertiary/aromatic N) is 1. The van der Waals surface area contributed by atoms with Gasteiger partial charge in [-0.1, -0.05) is 43.7 Å². The van der Waals surface area contributed by atoms with Gasteiger partial charge in [-0.05, 0) is 57.4 Å². The molecule has 1 heterocycles. The van der Waals surface area contributed by atoms with Crippen LogP contribution in [0.5, 0.6) is 0 Å². The van der Waals surface area contributed by atoms with Crippen LogP contribution in [0, 0.1) is 5.92 Å². The summed E-state index contributed by atoms with van der Waals surface area (Å²) < 4.78 is 0. The lowest BCUT2D eigenvalue weighted by Gasteiger charge is -2.32. The summed E-state index contributed by atoms with van der Waals surface area (Å²) >= 11 is 0. The van der Waals surface area contributed by atoms with Crippen molar-refractivity contribution in [2.45, 2.75) is 38.6 Å². The molecule has 1 saturated heterocycles. The van der Waals surface area contributed by atoms with Gasteiger partial charge in [0.15, 0.2) is 0 Å². The molecule has 0 spiro atoms. The van der Waals surface area contributed by atoms with Gasteiger partial charge in [0.05, 0.1) is 0 Å². The summed E-state index contributed by atoms with van der Waals surface area (Å²) in [4.78, 5) is 2.64. The van der Waals surface area contributed by atoms with Crippen LogP contribution in [0.2, 0.25) is 0 Å². The predicted molar refractivity (Wildman–Crippen MR) is 82.3 cm³/mol. The van der Waals surface area contributed by atoms with Gasteiger partial charge >= 0.3 is 0 Å². The zero-order valence-electron chi connectivity index (χ0n) is 12.4. The molecular formula is C17H28N2. The van der Waals surface area contributed by atoms with E-state index in [0.717, 1.165) is 5.92 Å². The summed E-state index contributed by atoms with van der Waals surface area (Å²) in [6.07, 6.45) is 5.35. The fourth-order valence-corrected chi connectivity index (χ4v) is 3.09. The average Bonchev–Trinajstić information content (AvgIpc) is 2.49. The average molecular weight is 260 g/mol. The summed E-state index contributed by atoms with van der Waals surface area (Å²) in [5.74, 6) is 0.977. The van der Waals surface area contributed by atoms with E-state index >= 15 is 0 Å². The second kappa shape index (κ2) is 7.66. The van der Waals surface area contributed by atoms with Gasteiger partial charge in [0.1, 0.15) is 0 Å². The Bertz CT molecular complexity index is 342. The first kappa shape index (κ1) is 14.5. The van der Waals surface area contributed by atoms with E-state index in [1.807, 2.05) is 0 Å². The van der Waals surface area contributed by atoms with E-state index in [4.69, 9.17) is 0 Å². The predicted octanol–water partition coefficient (Wildman–Crippen LogP) is 3.46. The van der Waals surface area contributed by atoms with Crippen LogP contribution < -0.4 is 5.32 Å². The number of hydrogen-bond acceptors (Lipinski definition) is 2. The molecule has 1 aromatic carbocycles. The molecule has 2 heteroatoms. The van der Waals surface area contributed by atoms with Crippen molar-refractivity contribution in [2.24, 2.45) is 5.92 Å². The number of nitrogens with one attached hydrogen (secondary N) is 1. The first-order chi connectivity index (χ1) is 9.33. The lowest BCUT2D eigenvalue weighted by molar-refractivity contribution is 0.175. The quantitative estimate of drug-likeness (QED) is 0.842. The molecule has 2 rings (SSSR count). The molecule has 0 aliphatic carbocycles. The van der Waals surface area contributed by atoms with Crippen LogP contribution in [0.3, 0.4) is 0 Å². The Labute approximate surface area is 118 Å². The summed E-state index contributed by atoms with van der Waals surface area (Å²) in [5, 5.41) is 3.45. The Morgan fingerprint density at radius 3 is 2.47 bits per heavy atom. The third-order valence-electron chi connectivity index (χ3n) is 4.57. The van der Waals surface area contributed by atoms with Gasteiger partial charge in [-0.15, -0.1) is 0 Å². The number of piperidine rings is 1. The maximum absolute atomic E-state index is 3.45. The Hall–Kier alpha value is -0.860. The maximum Gasteiger partial charge on any atom is 0.0329 e. The summed E-state index contributed by atoms with van der Waals surface area (Å²) in [7, 11) is 2.07. The number of benzene rings is 1. The summed E-state index contributed by atoms with van der Waals surface area (Å²) in [6, 6.07) is 11.3. The van der Waals surface area contributed by atoms with E-state index in [1.165, 1.54) is 50.9 Å². The van der Waals surface area contributed by atoms with Gasteiger partial charge in [-0.2, -0.15) is 0 Å². The highest BCUT2D eigenvalue weighted by Crippen LogP contribution is 2.22. The van der Waals surface area contributed by atoms with Gasteiger partial charge in [0.2, 0.25) is 0 Å². The highest BCUT2D eigenvalue weighted by molar-refractivity contribution is 5.18. The lowest BCUT2D eigenvalue weighted by Crippen LogP contribution is -2.35. The van der Waals surface area contributed by atoms with Crippen molar-refractivity contribution in [1.29, 1.82) is 0 Å². The molecule has 1 aliphatic heterocycles. The van der Waals surface area contributed by atoms with Crippen LogP contribution in [0.1, 0.15) is 44.2 Å². The van der Waals surface area contributed by atoms with E-state index in [2.05, 4.69) is 54.5 Å². The topological polar surface area (TPSA) is 15.3 Å². The molecule has 1 unspecified atom stereocenters. The van der Waals surface area contributed by atoms with Crippen LogP contribution >= 0.6 is 0 Å². The minimum Gasteiger partial charge on any atom is -0.313 e. The lowest BCUT2D eigenvalue weighted by atomic mass is 9.94. The zero-order chi connectivity index (χ0) is 13.5. The first-order valence-corrected chi connectivity index (χ1v) is 7.78. The van der Waals surface area contributed by atoms with Gasteiger partial charge in [-0.25, -0.2) is 0 Å². The van der Waals surface area contributed by atoms with Crippen LogP contribution in [0.4, 0.5) is 0 Å². The Kier molecular flexibility index (Phi) is 5.87. The molecule has 2 nitrogen and oxygen atoms in total. The minimum absolute atomic E-state index is 0.491. The maximum atomic E-state index is 3.45. The molecule has 0 saturated carbocycles. The smallest absolute Gasteiger partial charge is 0.0329 e. The molecule has 1 atom stereocenters. The van der Waals surface area contributed by atoms with Gasteiger partial charge in [-0.3, -0.25) is 0 Å². The van der Waals surface area contributed by atoms with Crippen molar-refractivity contribution in [2.75, 3.05) is 26.7 Å². The van der Waals surface area contributed by atoms with E-state index in [-0.39, 0.29) is 0 Å². The van der Waals surface area contributed by atoms with Gasteiger partial charge in [0, 0.05) is 6.04 Å². The molecule has 0 radical (unpaired) electrons. The Morgan fingerprint density at radius 2 is 1.89 bits per heavy atom. The molecule has 1 fully saturated rings. The van der Waals surface area contributed by atoms with Crippen molar-refractivity contribution in [3.05, 3.63) is 35.9 Å². The highest BCUT2D eigenvalue weighted by Gasteiger charge is 2.18. The van der Waals surface area contributed by atoms with E-state index < -0.39 is 0 Å². The molecule has 1 aliphatic rings. The third-order valence-corrected chi connectivity index (χ3v) is 4.57. The standard InChI is InChI=1S/C17H28N2/c1-3-15-9-12-19(13-10-15)14-11-17(18-2)16-7-5-4-6-8-16/h4-8,15,17-18H,3,9-14H2,1-2H3. The van der Waals surface area contributed by atoms with Crippen molar-refractivity contribution in [3.8, 4) is 0 Å². The third kappa shape index (κ3) is 4.32. The molecule has 1 aromatic rings. The second-order valence-electron chi connectivity index (χ2n) is 5.73. The molecule has 19 heavy (non-hydrogen) atoms. The van der Waals surface area contributed by atoms with Crippen molar-refractivity contribution < 1.29 is 0 Å². The second-order valence-corrected chi connectivity index (χ2v) is 5.73. The van der Waals surface area contributed by atoms with Crippen LogP contribution in [-0.2, 0) is 0 Å². The molecule has 0 amide bonds. The van der Waals surface area contributed by atoms with Crippen molar-refractivity contribution >= 4 is 0 Å². The van der Waals surface area contributed by atoms with E-state index in [9.17, 15) is 0 Å². The van der Waals surface area contributed by atoms with E-state index in [1.54, 1.807) is 0 Å². The Balaban J connectivity index is 1.78. The summed E-state index contributed by atoms with van der Waals surface area (Å²) in [5.41, 5.74) is 1.41. The fourth-order valence-electron chi connectivity index (χ4n) is 3.09. The highest BCUT2D eigenvalue weighted by atomic mass is 15.1. The molecular weight excluding hydrogens is 232 g/mol. The van der Waals surface area contributed by atoms with Gasteiger partial charge in [0.25, 0.3) is 0 Å². The summed E-state index contributed by atoms with van der Waals surface area (Å²) in [6.45, 7) is 6.14. The molecule has 0 bridgehead atoms. The Morgan fingerprint density at radius 1 is 1.21 bits per heavy atom. The van der Waals surface area contributed by atoms with E-state index in [0.29, 0.717) is 6.04 Å². The monoisotopic (exact) mass is 260 g/mol. The number of likely N-dealkylation sites (tertiary alicyclic amines) is 1. The zero-order valence-corrected chi connectivity index (χ0v) is 12.4. The minimum atomic E-state index is 0.491. The molecule has 106 valence electrons. The molecule has 0 aromatic heterocycles. The fraction of sp³-hybridized carbons (Fsp3) is 0.647. The number of hydrogen-bond donors (Lipinski definition) is 1. The first-order valence-electron chi connectivity index (χ1n) is 7.78. The largest absolute Gasteiger partial charge is 0.313 e. The normalized spacial score (nSPS) is 19.5. The molecule has 1 N–H and O–H groups in total. The van der Waals surface area contributed by atoms with Gasteiger partial charge < -0.3 is 10.2 Å². The SMILES string of the molecule is CCC1CCN(CCC(NC)c2ccccc2)CC1.